The van der Waals surface area contributed by atoms with Crippen LogP contribution in [0.3, 0.4) is 0 Å². The minimum Gasteiger partial charge on any atom is -0.326 e. The highest BCUT2D eigenvalue weighted by atomic mass is 15.0. The maximum absolute atomic E-state index is 4.74. The highest BCUT2D eigenvalue weighted by Crippen LogP contribution is 2.36. The predicted molar refractivity (Wildman–Crippen MR) is 64.6 cm³/mol. The predicted octanol–water partition coefficient (Wildman–Crippen LogP) is 3.35. The number of fused-ring (bicyclic) bond motifs is 1. The van der Waals surface area contributed by atoms with Gasteiger partial charge in [0.25, 0.3) is 0 Å². The SMILES string of the molecule is CC(C)c1ccnc2[nH]c(C3CCC3)nc12. The Morgan fingerprint density at radius 1 is 1.38 bits per heavy atom. The van der Waals surface area contributed by atoms with Gasteiger partial charge in [-0.15, -0.1) is 0 Å². The van der Waals surface area contributed by atoms with Gasteiger partial charge in [-0.2, -0.15) is 0 Å². The lowest BCUT2D eigenvalue weighted by Crippen LogP contribution is -2.10. The largest absolute Gasteiger partial charge is 0.326 e. The molecule has 1 saturated carbocycles. The summed E-state index contributed by atoms with van der Waals surface area (Å²) in [5, 5.41) is 0. The Kier molecular flexibility index (Phi) is 2.20. The third-order valence-corrected chi connectivity index (χ3v) is 3.55. The first-order valence-corrected chi connectivity index (χ1v) is 6.10. The summed E-state index contributed by atoms with van der Waals surface area (Å²) in [6, 6.07) is 2.08. The molecule has 0 amide bonds. The van der Waals surface area contributed by atoms with Gasteiger partial charge in [-0.25, -0.2) is 9.97 Å². The van der Waals surface area contributed by atoms with E-state index >= 15 is 0 Å². The molecule has 3 heteroatoms. The van der Waals surface area contributed by atoms with E-state index in [4.69, 9.17) is 4.98 Å². The van der Waals surface area contributed by atoms with Gasteiger partial charge < -0.3 is 4.98 Å². The third-order valence-electron chi connectivity index (χ3n) is 3.55. The van der Waals surface area contributed by atoms with E-state index in [0.29, 0.717) is 11.8 Å². The highest BCUT2D eigenvalue weighted by molar-refractivity contribution is 5.75. The summed E-state index contributed by atoms with van der Waals surface area (Å²) in [5.41, 5.74) is 3.32. The summed E-state index contributed by atoms with van der Waals surface area (Å²) in [6.45, 7) is 4.40. The molecule has 0 aliphatic heterocycles. The fraction of sp³-hybridized carbons (Fsp3) is 0.538. The number of H-pyrrole nitrogens is 1. The smallest absolute Gasteiger partial charge is 0.157 e. The summed E-state index contributed by atoms with van der Waals surface area (Å²) >= 11 is 0. The summed E-state index contributed by atoms with van der Waals surface area (Å²) in [6.07, 6.45) is 5.76. The van der Waals surface area contributed by atoms with E-state index in [2.05, 4.69) is 29.9 Å². The maximum Gasteiger partial charge on any atom is 0.157 e. The first-order valence-electron chi connectivity index (χ1n) is 6.10. The maximum atomic E-state index is 4.74. The zero-order chi connectivity index (χ0) is 11.1. The molecule has 1 fully saturated rings. The molecule has 0 atom stereocenters. The van der Waals surface area contributed by atoms with Crippen molar-refractivity contribution in [1.82, 2.24) is 15.0 Å². The number of pyridine rings is 1. The number of hydrogen-bond donors (Lipinski definition) is 1. The minimum atomic E-state index is 0.503. The Labute approximate surface area is 95.3 Å². The van der Waals surface area contributed by atoms with Crippen LogP contribution in [-0.4, -0.2) is 15.0 Å². The van der Waals surface area contributed by atoms with Crippen LogP contribution in [0.2, 0.25) is 0 Å². The summed E-state index contributed by atoms with van der Waals surface area (Å²) in [7, 11) is 0. The van der Waals surface area contributed by atoms with Crippen molar-refractivity contribution in [2.45, 2.75) is 44.9 Å². The van der Waals surface area contributed by atoms with Gasteiger partial charge in [0, 0.05) is 12.1 Å². The summed E-state index contributed by atoms with van der Waals surface area (Å²) in [4.78, 5) is 12.5. The molecule has 84 valence electrons. The van der Waals surface area contributed by atoms with E-state index in [0.717, 1.165) is 17.0 Å². The van der Waals surface area contributed by atoms with Crippen molar-refractivity contribution >= 4 is 11.2 Å². The van der Waals surface area contributed by atoms with Gasteiger partial charge in [-0.1, -0.05) is 20.3 Å². The van der Waals surface area contributed by atoms with Crippen molar-refractivity contribution in [3.8, 4) is 0 Å². The molecule has 16 heavy (non-hydrogen) atoms. The van der Waals surface area contributed by atoms with Crippen LogP contribution in [0, 0.1) is 0 Å². The molecule has 1 N–H and O–H groups in total. The van der Waals surface area contributed by atoms with E-state index < -0.39 is 0 Å². The number of rotatable bonds is 2. The molecule has 0 spiro atoms. The lowest BCUT2D eigenvalue weighted by molar-refractivity contribution is 0.404. The molecule has 1 aliphatic rings. The molecule has 2 aromatic rings. The Morgan fingerprint density at radius 3 is 2.81 bits per heavy atom. The van der Waals surface area contributed by atoms with Gasteiger partial charge in [0.2, 0.25) is 0 Å². The topological polar surface area (TPSA) is 41.6 Å². The van der Waals surface area contributed by atoms with Crippen LogP contribution < -0.4 is 0 Å². The number of aromatic amines is 1. The molecule has 2 aromatic heterocycles. The Bertz CT molecular complexity index is 509. The standard InChI is InChI=1S/C13H17N3/c1-8(2)10-6-7-14-13-11(10)15-12(16-13)9-4-3-5-9/h6-9H,3-5H2,1-2H3,(H,14,15,16). The zero-order valence-corrected chi connectivity index (χ0v) is 9.83. The molecule has 0 unspecified atom stereocenters. The van der Waals surface area contributed by atoms with Crippen molar-refractivity contribution < 1.29 is 0 Å². The van der Waals surface area contributed by atoms with Crippen molar-refractivity contribution in [1.29, 1.82) is 0 Å². The van der Waals surface area contributed by atoms with Gasteiger partial charge in [-0.05, 0) is 30.4 Å². The first kappa shape index (κ1) is 9.82. The zero-order valence-electron chi connectivity index (χ0n) is 9.83. The average Bonchev–Trinajstić information content (AvgIpc) is 2.56. The van der Waals surface area contributed by atoms with E-state index in [1.54, 1.807) is 0 Å². The number of nitrogens with zero attached hydrogens (tertiary/aromatic N) is 2. The number of nitrogens with one attached hydrogen (secondary N) is 1. The molecule has 0 radical (unpaired) electrons. The lowest BCUT2D eigenvalue weighted by atomic mass is 9.85. The lowest BCUT2D eigenvalue weighted by Gasteiger charge is -2.22. The summed E-state index contributed by atoms with van der Waals surface area (Å²) < 4.78 is 0. The molecule has 0 aromatic carbocycles. The summed E-state index contributed by atoms with van der Waals surface area (Å²) in [5.74, 6) is 2.29. The molecule has 3 nitrogen and oxygen atoms in total. The fourth-order valence-electron chi connectivity index (χ4n) is 2.29. The first-order chi connectivity index (χ1) is 7.75. The van der Waals surface area contributed by atoms with Gasteiger partial charge in [0.15, 0.2) is 5.65 Å². The monoisotopic (exact) mass is 215 g/mol. The van der Waals surface area contributed by atoms with Gasteiger partial charge in [0.05, 0.1) is 0 Å². The van der Waals surface area contributed by atoms with Crippen LogP contribution in [0.4, 0.5) is 0 Å². The molecule has 2 heterocycles. The third kappa shape index (κ3) is 1.42. The number of hydrogen-bond acceptors (Lipinski definition) is 2. The normalized spacial score (nSPS) is 16.9. The van der Waals surface area contributed by atoms with Crippen LogP contribution in [0.5, 0.6) is 0 Å². The number of imidazole rings is 1. The Morgan fingerprint density at radius 2 is 2.19 bits per heavy atom. The Hall–Kier alpha value is -1.38. The van der Waals surface area contributed by atoms with E-state index in [1.807, 2.05) is 6.20 Å². The highest BCUT2D eigenvalue weighted by Gasteiger charge is 2.23. The van der Waals surface area contributed by atoms with Crippen molar-refractivity contribution in [3.05, 3.63) is 23.7 Å². The second-order valence-electron chi connectivity index (χ2n) is 5.00. The molecular formula is C13H17N3. The second-order valence-corrected chi connectivity index (χ2v) is 5.00. The minimum absolute atomic E-state index is 0.503. The molecule has 0 bridgehead atoms. The molecular weight excluding hydrogens is 198 g/mol. The van der Waals surface area contributed by atoms with Crippen LogP contribution >= 0.6 is 0 Å². The van der Waals surface area contributed by atoms with Crippen LogP contribution in [-0.2, 0) is 0 Å². The Balaban J connectivity index is 2.12. The van der Waals surface area contributed by atoms with E-state index in [-0.39, 0.29) is 0 Å². The van der Waals surface area contributed by atoms with Crippen molar-refractivity contribution in [2.75, 3.05) is 0 Å². The average molecular weight is 215 g/mol. The van der Waals surface area contributed by atoms with Gasteiger partial charge in [0.1, 0.15) is 11.3 Å². The van der Waals surface area contributed by atoms with Gasteiger partial charge in [-0.3, -0.25) is 0 Å². The van der Waals surface area contributed by atoms with E-state index in [1.165, 1.54) is 24.8 Å². The van der Waals surface area contributed by atoms with E-state index in [9.17, 15) is 0 Å². The van der Waals surface area contributed by atoms with Crippen LogP contribution in [0.15, 0.2) is 12.3 Å². The quantitative estimate of drug-likeness (QED) is 0.834. The molecule has 1 aliphatic carbocycles. The van der Waals surface area contributed by atoms with Crippen molar-refractivity contribution in [2.24, 2.45) is 0 Å². The molecule has 0 saturated heterocycles. The van der Waals surface area contributed by atoms with Crippen molar-refractivity contribution in [3.63, 3.8) is 0 Å². The molecule has 3 rings (SSSR count). The van der Waals surface area contributed by atoms with Gasteiger partial charge >= 0.3 is 0 Å². The fourth-order valence-corrected chi connectivity index (χ4v) is 2.29. The number of aromatic nitrogens is 3. The van der Waals surface area contributed by atoms with Crippen LogP contribution in [0.1, 0.15) is 56.3 Å². The van der Waals surface area contributed by atoms with Crippen LogP contribution in [0.25, 0.3) is 11.2 Å². The second kappa shape index (κ2) is 3.58.